The number of hydrogen-bond donors (Lipinski definition) is 1. The van der Waals surface area contributed by atoms with Crippen LogP contribution in [0.2, 0.25) is 5.02 Å². The van der Waals surface area contributed by atoms with Crippen LogP contribution in [0.25, 0.3) is 0 Å². The summed E-state index contributed by atoms with van der Waals surface area (Å²) in [5, 5.41) is 3.35. The van der Waals surface area contributed by atoms with E-state index < -0.39 is 6.04 Å². The molecule has 0 aliphatic carbocycles. The molecule has 5 nitrogen and oxygen atoms in total. The number of aryl methyl sites for hydroxylation is 1. The first kappa shape index (κ1) is 22.8. The molecule has 0 aromatic heterocycles. The second kappa shape index (κ2) is 11.5. The summed E-state index contributed by atoms with van der Waals surface area (Å²) in [6.45, 7) is 6.63. The molecule has 0 aliphatic rings. The molecule has 2 aromatic carbocycles. The monoisotopic (exact) mass is 416 g/mol. The van der Waals surface area contributed by atoms with E-state index >= 15 is 0 Å². The molecule has 0 saturated heterocycles. The topological polar surface area (TPSA) is 58.6 Å². The van der Waals surface area contributed by atoms with Crippen LogP contribution in [0.15, 0.2) is 48.5 Å². The quantitative estimate of drug-likeness (QED) is 0.626. The Morgan fingerprint density at radius 3 is 2.55 bits per heavy atom. The van der Waals surface area contributed by atoms with E-state index in [0.717, 1.165) is 17.5 Å². The molecule has 156 valence electrons. The van der Waals surface area contributed by atoms with E-state index in [9.17, 15) is 9.59 Å². The minimum Gasteiger partial charge on any atom is -0.482 e. The Morgan fingerprint density at radius 2 is 1.90 bits per heavy atom. The average molecular weight is 417 g/mol. The van der Waals surface area contributed by atoms with Crippen LogP contribution in [0.1, 0.15) is 37.8 Å². The van der Waals surface area contributed by atoms with E-state index in [1.807, 2.05) is 45.0 Å². The van der Waals surface area contributed by atoms with Gasteiger partial charge in [0.1, 0.15) is 11.8 Å². The molecule has 2 rings (SSSR count). The highest BCUT2D eigenvalue weighted by Gasteiger charge is 2.28. The number of rotatable bonds is 10. The van der Waals surface area contributed by atoms with E-state index in [1.165, 1.54) is 0 Å². The maximum Gasteiger partial charge on any atom is 0.261 e. The molecule has 0 unspecified atom stereocenters. The molecule has 6 heteroatoms. The maximum atomic E-state index is 13.1. The molecule has 1 atom stereocenters. The Hall–Kier alpha value is -2.53. The first-order valence-corrected chi connectivity index (χ1v) is 10.3. The van der Waals surface area contributed by atoms with E-state index in [1.54, 1.807) is 29.2 Å². The zero-order valence-electron chi connectivity index (χ0n) is 17.3. The van der Waals surface area contributed by atoms with Gasteiger partial charge >= 0.3 is 0 Å². The van der Waals surface area contributed by atoms with Crippen LogP contribution in [0.4, 0.5) is 0 Å². The van der Waals surface area contributed by atoms with E-state index in [-0.39, 0.29) is 18.4 Å². The van der Waals surface area contributed by atoms with Crippen LogP contribution in [0, 0.1) is 6.92 Å². The summed E-state index contributed by atoms with van der Waals surface area (Å²) in [6.07, 6.45) is 1.35. The first-order valence-electron chi connectivity index (χ1n) is 9.96. The third kappa shape index (κ3) is 6.79. The molecule has 2 aromatic rings. The molecule has 0 aliphatic heterocycles. The maximum absolute atomic E-state index is 13.1. The van der Waals surface area contributed by atoms with Crippen LogP contribution in [-0.4, -0.2) is 35.9 Å². The molecule has 2 amide bonds. The number of hydrogen-bond acceptors (Lipinski definition) is 3. The molecule has 0 radical (unpaired) electrons. The number of nitrogens with zero attached hydrogens (tertiary/aromatic N) is 1. The fourth-order valence-corrected chi connectivity index (χ4v) is 3.27. The number of amides is 2. The van der Waals surface area contributed by atoms with Crippen molar-refractivity contribution in [3.63, 3.8) is 0 Å². The van der Waals surface area contributed by atoms with Crippen LogP contribution < -0.4 is 10.1 Å². The highest BCUT2D eigenvalue weighted by molar-refractivity contribution is 6.32. The Kier molecular flexibility index (Phi) is 9.00. The minimum absolute atomic E-state index is 0.145. The summed E-state index contributed by atoms with van der Waals surface area (Å²) in [7, 11) is 0. The number of nitrogens with one attached hydrogen (secondary N) is 1. The van der Waals surface area contributed by atoms with Crippen molar-refractivity contribution in [2.24, 2.45) is 0 Å². The van der Waals surface area contributed by atoms with Crippen molar-refractivity contribution in [3.05, 3.63) is 64.7 Å². The fraction of sp³-hybridized carbons (Fsp3) is 0.391. The number of benzene rings is 2. The molecule has 0 spiro atoms. The lowest BCUT2D eigenvalue weighted by molar-refractivity contribution is -0.143. The summed E-state index contributed by atoms with van der Waals surface area (Å²) in [4.78, 5) is 27.4. The van der Waals surface area contributed by atoms with Gasteiger partial charge in [0.15, 0.2) is 6.61 Å². The van der Waals surface area contributed by atoms with Gasteiger partial charge in [0.25, 0.3) is 5.91 Å². The highest BCUT2D eigenvalue weighted by atomic mass is 35.5. The zero-order chi connectivity index (χ0) is 21.2. The van der Waals surface area contributed by atoms with Crippen LogP contribution in [-0.2, 0) is 16.1 Å². The lowest BCUT2D eigenvalue weighted by atomic mass is 10.1. The van der Waals surface area contributed by atoms with E-state index in [2.05, 4.69) is 5.32 Å². The van der Waals surface area contributed by atoms with Gasteiger partial charge in [-0.3, -0.25) is 9.59 Å². The van der Waals surface area contributed by atoms with Crippen molar-refractivity contribution in [1.29, 1.82) is 0 Å². The van der Waals surface area contributed by atoms with Gasteiger partial charge in [-0.05, 0) is 37.5 Å². The summed E-state index contributed by atoms with van der Waals surface area (Å²) < 4.78 is 5.64. The first-order chi connectivity index (χ1) is 14.0. The van der Waals surface area contributed by atoms with Gasteiger partial charge in [-0.1, -0.05) is 67.4 Å². The van der Waals surface area contributed by atoms with E-state index in [4.69, 9.17) is 16.3 Å². The third-order valence-corrected chi connectivity index (χ3v) is 4.87. The van der Waals surface area contributed by atoms with Crippen LogP contribution in [0.5, 0.6) is 5.75 Å². The molecule has 1 N–H and O–H groups in total. The molecule has 29 heavy (non-hydrogen) atoms. The van der Waals surface area contributed by atoms with Crippen molar-refractivity contribution in [1.82, 2.24) is 10.2 Å². The Morgan fingerprint density at radius 1 is 1.14 bits per heavy atom. The second-order valence-corrected chi connectivity index (χ2v) is 7.35. The predicted octanol–water partition coefficient (Wildman–Crippen LogP) is 4.36. The summed E-state index contributed by atoms with van der Waals surface area (Å²) >= 11 is 6.12. The van der Waals surface area contributed by atoms with Crippen LogP contribution in [0.3, 0.4) is 0 Å². The second-order valence-electron chi connectivity index (χ2n) is 6.94. The Balaban J connectivity index is 2.20. The average Bonchev–Trinajstić information content (AvgIpc) is 2.71. The molecule has 0 bridgehead atoms. The minimum atomic E-state index is -0.565. The van der Waals surface area contributed by atoms with Gasteiger partial charge in [0, 0.05) is 13.1 Å². The van der Waals surface area contributed by atoms with Crippen molar-refractivity contribution in [2.75, 3.05) is 13.2 Å². The van der Waals surface area contributed by atoms with Crippen molar-refractivity contribution in [3.8, 4) is 5.75 Å². The standard InChI is InChI=1S/C23H29ClN2O3/c1-4-13-25-23(28)20(5-2)26(15-18-10-8-9-17(3)14-18)22(27)16-29-21-12-7-6-11-19(21)24/h6-12,14,20H,4-5,13,15-16H2,1-3H3,(H,25,28)/t20-/m1/s1. The number of para-hydroxylation sites is 1. The molecular formula is C23H29ClN2O3. The fourth-order valence-electron chi connectivity index (χ4n) is 3.08. The SMILES string of the molecule is CCCNC(=O)[C@@H](CC)N(Cc1cccc(C)c1)C(=O)COc1ccccc1Cl. The molecule has 0 heterocycles. The lowest BCUT2D eigenvalue weighted by Crippen LogP contribution is -2.50. The van der Waals surface area contributed by atoms with E-state index in [0.29, 0.717) is 30.3 Å². The summed E-state index contributed by atoms with van der Waals surface area (Å²) in [5.74, 6) is 0.0412. The Labute approximate surface area is 178 Å². The summed E-state index contributed by atoms with van der Waals surface area (Å²) in [5.41, 5.74) is 2.07. The van der Waals surface area contributed by atoms with Gasteiger partial charge in [0.2, 0.25) is 5.91 Å². The predicted molar refractivity (Wildman–Crippen MR) is 116 cm³/mol. The van der Waals surface area contributed by atoms with Gasteiger partial charge in [-0.15, -0.1) is 0 Å². The largest absolute Gasteiger partial charge is 0.482 e. The van der Waals surface area contributed by atoms with Crippen molar-refractivity contribution >= 4 is 23.4 Å². The van der Waals surface area contributed by atoms with Gasteiger partial charge < -0.3 is 15.0 Å². The number of halogens is 1. The normalized spacial score (nSPS) is 11.6. The number of carbonyl (C=O) groups excluding carboxylic acids is 2. The van der Waals surface area contributed by atoms with Gasteiger partial charge in [0.05, 0.1) is 5.02 Å². The third-order valence-electron chi connectivity index (χ3n) is 4.56. The number of carbonyl (C=O) groups is 2. The molecule has 0 saturated carbocycles. The highest BCUT2D eigenvalue weighted by Crippen LogP contribution is 2.23. The molecular weight excluding hydrogens is 388 g/mol. The van der Waals surface area contributed by atoms with Crippen molar-refractivity contribution in [2.45, 2.75) is 46.2 Å². The lowest BCUT2D eigenvalue weighted by Gasteiger charge is -2.30. The summed E-state index contributed by atoms with van der Waals surface area (Å²) in [6, 6.07) is 14.4. The zero-order valence-corrected chi connectivity index (χ0v) is 18.0. The Bertz CT molecular complexity index is 825. The smallest absolute Gasteiger partial charge is 0.261 e. The molecule has 0 fully saturated rings. The van der Waals surface area contributed by atoms with Crippen LogP contribution >= 0.6 is 11.6 Å². The van der Waals surface area contributed by atoms with Gasteiger partial charge in [-0.25, -0.2) is 0 Å². The van der Waals surface area contributed by atoms with Crippen molar-refractivity contribution < 1.29 is 14.3 Å². The van der Waals surface area contributed by atoms with Gasteiger partial charge in [-0.2, -0.15) is 0 Å². The number of ether oxygens (including phenoxy) is 1.